The first-order valence-corrected chi connectivity index (χ1v) is 5.14. The summed E-state index contributed by atoms with van der Waals surface area (Å²) >= 11 is 0. The van der Waals surface area contributed by atoms with Gasteiger partial charge in [-0.25, -0.2) is 0 Å². The molecule has 1 saturated carbocycles. The van der Waals surface area contributed by atoms with E-state index in [1.54, 1.807) is 0 Å². The Morgan fingerprint density at radius 1 is 1.42 bits per heavy atom. The van der Waals surface area contributed by atoms with Gasteiger partial charge >= 0.3 is 0 Å². The summed E-state index contributed by atoms with van der Waals surface area (Å²) in [7, 11) is 0. The molecular weight excluding hydrogens is 146 g/mol. The average Bonchev–Trinajstić information content (AvgIpc) is 2.75. The number of rotatable bonds is 2. The van der Waals surface area contributed by atoms with E-state index in [2.05, 4.69) is 25.2 Å². The second-order valence-electron chi connectivity index (χ2n) is 4.57. The van der Waals surface area contributed by atoms with Gasteiger partial charge in [-0.2, -0.15) is 0 Å². The number of allylic oxidation sites excluding steroid dienone is 1. The van der Waals surface area contributed by atoms with E-state index in [1.165, 1.54) is 37.8 Å². The summed E-state index contributed by atoms with van der Waals surface area (Å²) in [6.07, 6.45) is 8.08. The van der Waals surface area contributed by atoms with E-state index in [9.17, 15) is 0 Å². The first-order valence-electron chi connectivity index (χ1n) is 5.14. The summed E-state index contributed by atoms with van der Waals surface area (Å²) < 4.78 is 0. The highest BCUT2D eigenvalue weighted by atomic mass is 15.0. The molecule has 12 heavy (non-hydrogen) atoms. The normalized spacial score (nSPS) is 35.2. The molecule has 0 aromatic heterocycles. The Balaban J connectivity index is 2.15. The maximum Gasteiger partial charge on any atom is 0.0395 e. The molecule has 1 aliphatic carbocycles. The predicted octanol–water partition coefficient (Wildman–Crippen LogP) is 2.48. The van der Waals surface area contributed by atoms with Crippen LogP contribution in [0, 0.1) is 5.92 Å². The Hall–Kier alpha value is -0.300. The molecule has 68 valence electrons. The first-order chi connectivity index (χ1) is 5.73. The third-order valence-corrected chi connectivity index (χ3v) is 3.07. The summed E-state index contributed by atoms with van der Waals surface area (Å²) in [4.78, 5) is 0. The van der Waals surface area contributed by atoms with E-state index >= 15 is 0 Å². The number of hydrogen-bond donors (Lipinski definition) is 1. The molecular formula is C11H19N. The molecule has 1 aliphatic heterocycles. The standard InChI is InChI=1S/C11H19N/c1-9(2)8-11(10-4-5-10)6-3-7-12-11/h8,10,12H,3-7H2,1-2H3. The summed E-state index contributed by atoms with van der Waals surface area (Å²) in [5.74, 6) is 0.954. The third kappa shape index (κ3) is 1.42. The summed E-state index contributed by atoms with van der Waals surface area (Å²) in [5, 5.41) is 3.69. The minimum atomic E-state index is 0.416. The van der Waals surface area contributed by atoms with Crippen molar-refractivity contribution in [3.05, 3.63) is 11.6 Å². The van der Waals surface area contributed by atoms with E-state index in [-0.39, 0.29) is 0 Å². The van der Waals surface area contributed by atoms with Crippen molar-refractivity contribution in [2.24, 2.45) is 5.92 Å². The molecule has 2 fully saturated rings. The molecule has 1 heteroatoms. The second kappa shape index (κ2) is 2.88. The predicted molar refractivity (Wildman–Crippen MR) is 52.1 cm³/mol. The lowest BCUT2D eigenvalue weighted by atomic mass is 9.89. The van der Waals surface area contributed by atoms with Crippen LogP contribution < -0.4 is 5.32 Å². The Bertz CT molecular complexity index is 191. The van der Waals surface area contributed by atoms with Crippen LogP contribution in [0.3, 0.4) is 0 Å². The summed E-state index contributed by atoms with van der Waals surface area (Å²) in [5.41, 5.74) is 1.88. The van der Waals surface area contributed by atoms with Gasteiger partial charge in [-0.1, -0.05) is 11.6 Å². The lowest BCUT2D eigenvalue weighted by molar-refractivity contribution is 0.410. The highest BCUT2D eigenvalue weighted by Crippen LogP contribution is 2.45. The van der Waals surface area contributed by atoms with Crippen LogP contribution in [0.15, 0.2) is 11.6 Å². The molecule has 2 aliphatic rings. The van der Waals surface area contributed by atoms with Crippen molar-refractivity contribution in [3.8, 4) is 0 Å². The lowest BCUT2D eigenvalue weighted by Gasteiger charge is -2.26. The Kier molecular flexibility index (Phi) is 1.99. The maximum atomic E-state index is 3.69. The van der Waals surface area contributed by atoms with Gasteiger partial charge in [0.05, 0.1) is 0 Å². The molecule has 1 nitrogen and oxygen atoms in total. The van der Waals surface area contributed by atoms with Crippen molar-refractivity contribution in [1.29, 1.82) is 0 Å². The van der Waals surface area contributed by atoms with Gasteiger partial charge in [-0.15, -0.1) is 0 Å². The molecule has 1 saturated heterocycles. The fraction of sp³-hybridized carbons (Fsp3) is 0.818. The van der Waals surface area contributed by atoms with Crippen LogP contribution in [-0.4, -0.2) is 12.1 Å². The summed E-state index contributed by atoms with van der Waals surface area (Å²) in [6.45, 7) is 5.65. The van der Waals surface area contributed by atoms with Crippen LogP contribution in [0.5, 0.6) is 0 Å². The quantitative estimate of drug-likeness (QED) is 0.620. The summed E-state index contributed by atoms with van der Waals surface area (Å²) in [6, 6.07) is 0. The first kappa shape index (κ1) is 8.31. The molecule has 1 N–H and O–H groups in total. The minimum absolute atomic E-state index is 0.416. The van der Waals surface area contributed by atoms with E-state index < -0.39 is 0 Å². The van der Waals surface area contributed by atoms with Crippen LogP contribution in [0.25, 0.3) is 0 Å². The van der Waals surface area contributed by atoms with Gasteiger partial charge < -0.3 is 5.32 Å². The van der Waals surface area contributed by atoms with Crippen molar-refractivity contribution in [1.82, 2.24) is 5.32 Å². The van der Waals surface area contributed by atoms with Crippen molar-refractivity contribution in [3.63, 3.8) is 0 Å². The molecule has 0 aromatic carbocycles. The van der Waals surface area contributed by atoms with Gasteiger partial charge in [-0.05, 0) is 52.0 Å². The zero-order chi connectivity index (χ0) is 8.60. The van der Waals surface area contributed by atoms with E-state index in [0.717, 1.165) is 5.92 Å². The molecule has 1 unspecified atom stereocenters. The van der Waals surface area contributed by atoms with Crippen LogP contribution >= 0.6 is 0 Å². The highest BCUT2D eigenvalue weighted by molar-refractivity contribution is 5.19. The molecule has 0 spiro atoms. The Morgan fingerprint density at radius 2 is 2.17 bits per heavy atom. The second-order valence-corrected chi connectivity index (χ2v) is 4.57. The number of nitrogens with one attached hydrogen (secondary N) is 1. The zero-order valence-corrected chi connectivity index (χ0v) is 8.19. The van der Waals surface area contributed by atoms with Gasteiger partial charge in [0.2, 0.25) is 0 Å². The molecule has 0 radical (unpaired) electrons. The molecule has 1 atom stereocenters. The monoisotopic (exact) mass is 165 g/mol. The fourth-order valence-electron chi connectivity index (χ4n) is 2.49. The van der Waals surface area contributed by atoms with Gasteiger partial charge in [0.1, 0.15) is 0 Å². The van der Waals surface area contributed by atoms with Gasteiger partial charge in [0, 0.05) is 5.54 Å². The smallest absolute Gasteiger partial charge is 0.0395 e. The third-order valence-electron chi connectivity index (χ3n) is 3.07. The van der Waals surface area contributed by atoms with Gasteiger partial charge in [0.15, 0.2) is 0 Å². The zero-order valence-electron chi connectivity index (χ0n) is 8.19. The molecule has 1 heterocycles. The molecule has 0 aromatic rings. The van der Waals surface area contributed by atoms with Crippen LogP contribution in [0.1, 0.15) is 39.5 Å². The Morgan fingerprint density at radius 3 is 2.58 bits per heavy atom. The van der Waals surface area contributed by atoms with Crippen molar-refractivity contribution in [2.75, 3.05) is 6.54 Å². The SMILES string of the molecule is CC(C)=CC1(C2CC2)CCCN1. The van der Waals surface area contributed by atoms with E-state index in [4.69, 9.17) is 0 Å². The van der Waals surface area contributed by atoms with Crippen LogP contribution in [-0.2, 0) is 0 Å². The van der Waals surface area contributed by atoms with Crippen molar-refractivity contribution in [2.45, 2.75) is 45.1 Å². The molecule has 2 rings (SSSR count). The van der Waals surface area contributed by atoms with Gasteiger partial charge in [0.25, 0.3) is 0 Å². The highest BCUT2D eigenvalue weighted by Gasteiger charge is 2.44. The fourth-order valence-corrected chi connectivity index (χ4v) is 2.49. The van der Waals surface area contributed by atoms with Gasteiger partial charge in [-0.3, -0.25) is 0 Å². The van der Waals surface area contributed by atoms with Crippen molar-refractivity contribution < 1.29 is 0 Å². The molecule has 0 amide bonds. The minimum Gasteiger partial charge on any atom is -0.308 e. The van der Waals surface area contributed by atoms with Crippen LogP contribution in [0.4, 0.5) is 0 Å². The Labute approximate surface area is 75.2 Å². The van der Waals surface area contributed by atoms with E-state index in [1.807, 2.05) is 0 Å². The van der Waals surface area contributed by atoms with Crippen LogP contribution in [0.2, 0.25) is 0 Å². The van der Waals surface area contributed by atoms with E-state index in [0.29, 0.717) is 5.54 Å². The molecule has 0 bridgehead atoms. The maximum absolute atomic E-state index is 3.69. The largest absolute Gasteiger partial charge is 0.308 e. The number of hydrogen-bond acceptors (Lipinski definition) is 1. The lowest BCUT2D eigenvalue weighted by Crippen LogP contribution is -2.40. The van der Waals surface area contributed by atoms with Crippen molar-refractivity contribution >= 4 is 0 Å². The average molecular weight is 165 g/mol. The topological polar surface area (TPSA) is 12.0 Å².